The van der Waals surface area contributed by atoms with Gasteiger partial charge in [0.2, 0.25) is 0 Å². The Morgan fingerprint density at radius 2 is 1.90 bits per heavy atom. The third-order valence-electron chi connectivity index (χ3n) is 5.22. The lowest BCUT2D eigenvalue weighted by atomic mass is 10.2. The average molecular weight is 414 g/mol. The molecule has 162 valence electrons. The first-order chi connectivity index (χ1) is 13.9. The zero-order valence-corrected chi connectivity index (χ0v) is 17.0. The maximum absolute atomic E-state index is 13.0. The number of piperazine rings is 1. The highest BCUT2D eigenvalue weighted by molar-refractivity contribution is 5.80. The maximum atomic E-state index is 13.0. The number of halogens is 3. The van der Waals surface area contributed by atoms with E-state index in [4.69, 9.17) is 14.5 Å². The predicted octanol–water partition coefficient (Wildman–Crippen LogP) is 2.88. The van der Waals surface area contributed by atoms with E-state index in [0.29, 0.717) is 58.4 Å². The molecular weight excluding hydrogens is 385 g/mol. The summed E-state index contributed by atoms with van der Waals surface area (Å²) in [6, 6.07) is 4.34. The normalized spacial score (nSPS) is 19.6. The molecule has 6 nitrogen and oxygen atoms in total. The molecule has 3 rings (SSSR count). The van der Waals surface area contributed by atoms with Crippen molar-refractivity contribution in [3.05, 3.63) is 23.8 Å². The van der Waals surface area contributed by atoms with E-state index in [-0.39, 0.29) is 0 Å². The molecule has 2 heterocycles. The monoisotopic (exact) mass is 414 g/mol. The number of hydrogen-bond acceptors (Lipinski definition) is 4. The standard InChI is InChI=1S/C20H29F3N4O2/c1-3-24-19(27-10-8-26(9-11-27)15(2)20(21,22)23)25-14-16-6-4-7-17-18(16)29-13-5-12-28-17/h4,6-7,15H,3,5,8-14H2,1-2H3,(H,24,25). The second-order valence-corrected chi connectivity index (χ2v) is 7.21. The Morgan fingerprint density at radius 1 is 1.17 bits per heavy atom. The smallest absolute Gasteiger partial charge is 0.403 e. The SMILES string of the molecule is CCNC(=NCc1cccc2c1OCCCO2)N1CCN(C(C)C(F)(F)F)CC1. The summed E-state index contributed by atoms with van der Waals surface area (Å²) in [6.07, 6.45) is -3.37. The molecule has 1 fully saturated rings. The van der Waals surface area contributed by atoms with Crippen molar-refractivity contribution >= 4 is 5.96 Å². The minimum Gasteiger partial charge on any atom is -0.490 e. The van der Waals surface area contributed by atoms with Crippen LogP contribution in [0.2, 0.25) is 0 Å². The zero-order valence-electron chi connectivity index (χ0n) is 17.0. The topological polar surface area (TPSA) is 49.3 Å². The van der Waals surface area contributed by atoms with Gasteiger partial charge in [0.05, 0.1) is 19.8 Å². The summed E-state index contributed by atoms with van der Waals surface area (Å²) < 4.78 is 50.5. The molecule has 0 bridgehead atoms. The number of aliphatic imine (C=N–C) groups is 1. The summed E-state index contributed by atoms with van der Waals surface area (Å²) >= 11 is 0. The van der Waals surface area contributed by atoms with Crippen LogP contribution in [0.4, 0.5) is 13.2 Å². The van der Waals surface area contributed by atoms with E-state index in [1.54, 1.807) is 0 Å². The van der Waals surface area contributed by atoms with Crippen molar-refractivity contribution in [1.82, 2.24) is 15.1 Å². The largest absolute Gasteiger partial charge is 0.490 e. The third kappa shape index (κ3) is 5.46. The number of alkyl halides is 3. The van der Waals surface area contributed by atoms with Crippen molar-refractivity contribution in [3.63, 3.8) is 0 Å². The van der Waals surface area contributed by atoms with E-state index in [0.717, 1.165) is 23.5 Å². The fourth-order valence-corrected chi connectivity index (χ4v) is 3.49. The molecule has 0 aromatic heterocycles. The molecule has 0 radical (unpaired) electrons. The molecule has 1 aromatic rings. The highest BCUT2D eigenvalue weighted by Crippen LogP contribution is 2.33. The van der Waals surface area contributed by atoms with Gasteiger partial charge in [-0.15, -0.1) is 0 Å². The first kappa shape index (κ1) is 21.5. The molecule has 2 aliphatic heterocycles. The van der Waals surface area contributed by atoms with Crippen LogP contribution in [0.15, 0.2) is 23.2 Å². The Hall–Kier alpha value is -2.16. The summed E-state index contributed by atoms with van der Waals surface area (Å²) in [4.78, 5) is 8.21. The molecule has 1 unspecified atom stereocenters. The lowest BCUT2D eigenvalue weighted by molar-refractivity contribution is -0.181. The van der Waals surface area contributed by atoms with Gasteiger partial charge in [0.15, 0.2) is 17.5 Å². The highest BCUT2D eigenvalue weighted by atomic mass is 19.4. The molecule has 1 saturated heterocycles. The highest BCUT2D eigenvalue weighted by Gasteiger charge is 2.41. The molecular formula is C20H29F3N4O2. The van der Waals surface area contributed by atoms with Crippen molar-refractivity contribution in [2.24, 2.45) is 4.99 Å². The summed E-state index contributed by atoms with van der Waals surface area (Å²) in [5.74, 6) is 2.17. The van der Waals surface area contributed by atoms with Gasteiger partial charge in [-0.25, -0.2) is 4.99 Å². The van der Waals surface area contributed by atoms with E-state index in [1.165, 1.54) is 11.8 Å². The molecule has 0 aliphatic carbocycles. The number of rotatable bonds is 4. The van der Waals surface area contributed by atoms with Crippen LogP contribution >= 0.6 is 0 Å². The molecule has 1 atom stereocenters. The van der Waals surface area contributed by atoms with Gasteiger partial charge >= 0.3 is 6.18 Å². The fourth-order valence-electron chi connectivity index (χ4n) is 3.49. The minimum atomic E-state index is -4.20. The predicted molar refractivity (Wildman–Crippen MR) is 106 cm³/mol. The van der Waals surface area contributed by atoms with Gasteiger partial charge in [-0.2, -0.15) is 13.2 Å². The van der Waals surface area contributed by atoms with Crippen LogP contribution < -0.4 is 14.8 Å². The number of nitrogens with one attached hydrogen (secondary N) is 1. The Bertz CT molecular complexity index is 703. The molecule has 0 amide bonds. The van der Waals surface area contributed by atoms with Crippen molar-refractivity contribution in [2.75, 3.05) is 45.9 Å². The number of ether oxygens (including phenoxy) is 2. The van der Waals surface area contributed by atoms with Crippen LogP contribution in [0.1, 0.15) is 25.8 Å². The maximum Gasteiger partial charge on any atom is 0.403 e. The molecule has 1 N–H and O–H groups in total. The van der Waals surface area contributed by atoms with Gasteiger partial charge in [-0.3, -0.25) is 4.90 Å². The quantitative estimate of drug-likeness (QED) is 0.607. The summed E-state index contributed by atoms with van der Waals surface area (Å²) in [6.45, 7) is 7.22. The molecule has 9 heteroatoms. The summed E-state index contributed by atoms with van der Waals surface area (Å²) in [5.41, 5.74) is 0.934. The summed E-state index contributed by atoms with van der Waals surface area (Å²) in [7, 11) is 0. The lowest BCUT2D eigenvalue weighted by Gasteiger charge is -2.39. The van der Waals surface area contributed by atoms with Gasteiger partial charge in [0, 0.05) is 44.7 Å². The van der Waals surface area contributed by atoms with E-state index >= 15 is 0 Å². The first-order valence-corrected chi connectivity index (χ1v) is 10.1. The van der Waals surface area contributed by atoms with Crippen LogP contribution in [0, 0.1) is 0 Å². The van der Waals surface area contributed by atoms with E-state index < -0.39 is 12.2 Å². The number of nitrogens with zero attached hydrogens (tertiary/aromatic N) is 3. The van der Waals surface area contributed by atoms with Gasteiger partial charge in [0.1, 0.15) is 6.04 Å². The number of hydrogen-bond donors (Lipinski definition) is 1. The van der Waals surface area contributed by atoms with Gasteiger partial charge in [0.25, 0.3) is 0 Å². The van der Waals surface area contributed by atoms with Crippen LogP contribution in [-0.4, -0.2) is 73.9 Å². The zero-order chi connectivity index (χ0) is 20.9. The number of guanidine groups is 1. The first-order valence-electron chi connectivity index (χ1n) is 10.1. The Labute approximate surface area is 169 Å². The number of benzene rings is 1. The van der Waals surface area contributed by atoms with Crippen LogP contribution in [0.25, 0.3) is 0 Å². The van der Waals surface area contributed by atoms with Gasteiger partial charge in [-0.05, 0) is 19.9 Å². The number of fused-ring (bicyclic) bond motifs is 1. The Morgan fingerprint density at radius 3 is 2.59 bits per heavy atom. The Balaban J connectivity index is 1.67. The van der Waals surface area contributed by atoms with Crippen molar-refractivity contribution in [2.45, 2.75) is 39.0 Å². The average Bonchev–Trinajstić information content (AvgIpc) is 2.96. The van der Waals surface area contributed by atoms with Crippen molar-refractivity contribution in [3.8, 4) is 11.5 Å². The Kier molecular flexibility index (Phi) is 7.10. The third-order valence-corrected chi connectivity index (χ3v) is 5.22. The van der Waals surface area contributed by atoms with Crippen LogP contribution in [0.3, 0.4) is 0 Å². The minimum absolute atomic E-state index is 0.350. The van der Waals surface area contributed by atoms with E-state index in [2.05, 4.69) is 5.32 Å². The van der Waals surface area contributed by atoms with Crippen molar-refractivity contribution < 1.29 is 22.6 Å². The second-order valence-electron chi connectivity index (χ2n) is 7.21. The molecule has 29 heavy (non-hydrogen) atoms. The number of para-hydroxylation sites is 1. The molecule has 0 saturated carbocycles. The fraction of sp³-hybridized carbons (Fsp3) is 0.650. The summed E-state index contributed by atoms with van der Waals surface area (Å²) in [5, 5.41) is 3.25. The van der Waals surface area contributed by atoms with E-state index in [1.807, 2.05) is 30.0 Å². The molecule has 0 spiro atoms. The van der Waals surface area contributed by atoms with E-state index in [9.17, 15) is 13.2 Å². The van der Waals surface area contributed by atoms with Crippen LogP contribution in [-0.2, 0) is 6.54 Å². The van der Waals surface area contributed by atoms with Gasteiger partial charge < -0.3 is 19.7 Å². The van der Waals surface area contributed by atoms with Gasteiger partial charge in [-0.1, -0.05) is 12.1 Å². The second kappa shape index (κ2) is 9.56. The van der Waals surface area contributed by atoms with Crippen molar-refractivity contribution in [1.29, 1.82) is 0 Å². The molecule has 1 aromatic carbocycles. The van der Waals surface area contributed by atoms with Crippen LogP contribution in [0.5, 0.6) is 11.5 Å². The lowest BCUT2D eigenvalue weighted by Crippen LogP contribution is -2.56. The molecule has 2 aliphatic rings.